The van der Waals surface area contributed by atoms with Crippen molar-refractivity contribution >= 4 is 33.2 Å². The number of anilines is 1. The van der Waals surface area contributed by atoms with E-state index in [1.807, 2.05) is 0 Å². The molecule has 2 aromatic carbocycles. The van der Waals surface area contributed by atoms with E-state index in [1.165, 1.54) is 22.5 Å². The van der Waals surface area contributed by atoms with E-state index in [4.69, 9.17) is 16.3 Å². The number of hydrogen-bond donors (Lipinski definition) is 1. The van der Waals surface area contributed by atoms with Crippen LogP contribution in [0.4, 0.5) is 5.69 Å². The van der Waals surface area contributed by atoms with Crippen molar-refractivity contribution in [2.24, 2.45) is 0 Å². The number of nitrogens with zero attached hydrogens (tertiary/aromatic N) is 2. The third kappa shape index (κ3) is 5.41. The topological polar surface area (TPSA) is 88.6 Å². The minimum absolute atomic E-state index is 0.0704. The molecule has 0 aliphatic heterocycles. The van der Waals surface area contributed by atoms with Crippen molar-refractivity contribution in [1.82, 2.24) is 9.29 Å². The number of carbonyl (C=O) groups excluding carboxylic acids is 1. The van der Waals surface area contributed by atoms with Crippen LogP contribution < -0.4 is 10.1 Å². The number of rotatable bonds is 8. The minimum Gasteiger partial charge on any atom is -0.457 e. The Labute approximate surface area is 186 Å². The molecule has 9 heteroatoms. The molecule has 31 heavy (non-hydrogen) atoms. The number of ether oxygens (including phenoxy) is 1. The predicted molar refractivity (Wildman–Crippen MR) is 120 cm³/mol. The summed E-state index contributed by atoms with van der Waals surface area (Å²) in [5.74, 6) is 0.800. The van der Waals surface area contributed by atoms with Crippen LogP contribution in [0.1, 0.15) is 24.2 Å². The van der Waals surface area contributed by atoms with Crippen molar-refractivity contribution in [3.05, 3.63) is 77.6 Å². The first-order chi connectivity index (χ1) is 14.8. The second-order valence-electron chi connectivity index (χ2n) is 6.50. The molecule has 1 amide bonds. The van der Waals surface area contributed by atoms with Gasteiger partial charge in [-0.05, 0) is 54.6 Å². The zero-order valence-corrected chi connectivity index (χ0v) is 18.7. The third-order valence-electron chi connectivity index (χ3n) is 4.51. The lowest BCUT2D eigenvalue weighted by Crippen LogP contribution is -2.31. The number of halogens is 1. The molecule has 0 spiro atoms. The Morgan fingerprint density at radius 2 is 1.61 bits per heavy atom. The van der Waals surface area contributed by atoms with Gasteiger partial charge in [-0.3, -0.25) is 9.78 Å². The lowest BCUT2D eigenvalue weighted by atomic mass is 10.2. The summed E-state index contributed by atoms with van der Waals surface area (Å²) in [5.41, 5.74) is 0.724. The van der Waals surface area contributed by atoms with Crippen LogP contribution in [-0.2, 0) is 10.0 Å². The van der Waals surface area contributed by atoms with Gasteiger partial charge in [-0.25, -0.2) is 8.42 Å². The molecule has 162 valence electrons. The molecule has 0 radical (unpaired) electrons. The summed E-state index contributed by atoms with van der Waals surface area (Å²) in [6.07, 6.45) is 3.26. The normalized spacial score (nSPS) is 11.4. The molecule has 1 N–H and O–H groups in total. The first-order valence-electron chi connectivity index (χ1n) is 9.64. The number of sulfonamides is 1. The Balaban J connectivity index is 1.76. The van der Waals surface area contributed by atoms with Gasteiger partial charge in [0.1, 0.15) is 16.4 Å². The summed E-state index contributed by atoms with van der Waals surface area (Å²) in [4.78, 5) is 16.5. The van der Waals surface area contributed by atoms with Crippen LogP contribution in [0.25, 0.3) is 0 Å². The quantitative estimate of drug-likeness (QED) is 0.522. The first kappa shape index (κ1) is 22.7. The fourth-order valence-corrected chi connectivity index (χ4v) is 4.86. The van der Waals surface area contributed by atoms with Gasteiger partial charge in [-0.2, -0.15) is 4.31 Å². The molecule has 3 rings (SSSR count). The monoisotopic (exact) mass is 459 g/mol. The van der Waals surface area contributed by atoms with Gasteiger partial charge in [0.05, 0.1) is 5.02 Å². The van der Waals surface area contributed by atoms with Gasteiger partial charge in [0, 0.05) is 36.7 Å². The van der Waals surface area contributed by atoms with E-state index in [-0.39, 0.29) is 15.5 Å². The van der Waals surface area contributed by atoms with E-state index in [2.05, 4.69) is 10.3 Å². The predicted octanol–water partition coefficient (Wildman–Crippen LogP) is 4.81. The van der Waals surface area contributed by atoms with Crippen molar-refractivity contribution in [2.45, 2.75) is 18.7 Å². The largest absolute Gasteiger partial charge is 0.457 e. The van der Waals surface area contributed by atoms with Gasteiger partial charge >= 0.3 is 0 Å². The van der Waals surface area contributed by atoms with Crippen LogP contribution >= 0.6 is 11.6 Å². The van der Waals surface area contributed by atoms with Gasteiger partial charge in [-0.1, -0.05) is 25.4 Å². The zero-order valence-electron chi connectivity index (χ0n) is 17.1. The van der Waals surface area contributed by atoms with Crippen molar-refractivity contribution in [3.8, 4) is 11.5 Å². The fraction of sp³-hybridized carbons (Fsp3) is 0.182. The highest BCUT2D eigenvalue weighted by molar-refractivity contribution is 7.89. The van der Waals surface area contributed by atoms with Crippen molar-refractivity contribution in [2.75, 3.05) is 18.4 Å². The highest BCUT2D eigenvalue weighted by Crippen LogP contribution is 2.27. The molecule has 0 bridgehead atoms. The molecule has 0 atom stereocenters. The van der Waals surface area contributed by atoms with E-state index in [1.54, 1.807) is 62.6 Å². The second-order valence-corrected chi connectivity index (χ2v) is 8.81. The van der Waals surface area contributed by atoms with E-state index < -0.39 is 15.9 Å². The summed E-state index contributed by atoms with van der Waals surface area (Å²) >= 11 is 6.13. The molecule has 0 unspecified atom stereocenters. The van der Waals surface area contributed by atoms with E-state index in [0.717, 1.165) is 0 Å². The molecule has 0 fully saturated rings. The summed E-state index contributed by atoms with van der Waals surface area (Å²) in [6.45, 7) is 4.10. The molecule has 7 nitrogen and oxygen atoms in total. The van der Waals surface area contributed by atoms with Crippen LogP contribution in [0.5, 0.6) is 11.5 Å². The highest BCUT2D eigenvalue weighted by atomic mass is 35.5. The molecule has 3 aromatic rings. The fourth-order valence-electron chi connectivity index (χ4n) is 2.90. The van der Waals surface area contributed by atoms with E-state index in [0.29, 0.717) is 30.3 Å². The van der Waals surface area contributed by atoms with Crippen molar-refractivity contribution < 1.29 is 17.9 Å². The number of carbonyl (C=O) groups is 1. The van der Waals surface area contributed by atoms with Crippen LogP contribution in [0.15, 0.2) is 71.9 Å². The van der Waals surface area contributed by atoms with Crippen LogP contribution in [0.2, 0.25) is 5.02 Å². The standard InChI is InChI=1S/C22H22ClN3O4S/c1-3-26(4-2)31(28,29)21-15-16(5-10-20(21)23)22(27)25-17-6-8-18(9-7-17)30-19-11-13-24-14-12-19/h5-15H,3-4H2,1-2H3,(H,25,27). The summed E-state index contributed by atoms with van der Waals surface area (Å²) in [7, 11) is -3.80. The maximum absolute atomic E-state index is 12.8. The smallest absolute Gasteiger partial charge is 0.255 e. The maximum Gasteiger partial charge on any atom is 0.255 e. The number of hydrogen-bond acceptors (Lipinski definition) is 5. The molecular weight excluding hydrogens is 438 g/mol. The molecule has 0 saturated heterocycles. The number of pyridine rings is 1. The number of benzene rings is 2. The Bertz CT molecular complexity index is 1150. The average molecular weight is 460 g/mol. The summed E-state index contributed by atoms with van der Waals surface area (Å²) in [6, 6.07) is 14.5. The number of aromatic nitrogens is 1. The Morgan fingerprint density at radius 1 is 1.00 bits per heavy atom. The molecule has 0 saturated carbocycles. The van der Waals surface area contributed by atoms with Gasteiger partial charge in [-0.15, -0.1) is 0 Å². The zero-order chi connectivity index (χ0) is 22.4. The molecule has 1 aromatic heterocycles. The molecule has 0 aliphatic carbocycles. The van der Waals surface area contributed by atoms with Crippen LogP contribution in [0, 0.1) is 0 Å². The molecule has 1 heterocycles. The van der Waals surface area contributed by atoms with Crippen LogP contribution in [-0.4, -0.2) is 36.7 Å². The Morgan fingerprint density at radius 3 is 2.23 bits per heavy atom. The summed E-state index contributed by atoms with van der Waals surface area (Å²) < 4.78 is 32.6. The van der Waals surface area contributed by atoms with Crippen LogP contribution in [0.3, 0.4) is 0 Å². The number of amides is 1. The second kappa shape index (κ2) is 9.91. The van der Waals surface area contributed by atoms with Gasteiger partial charge < -0.3 is 10.1 Å². The van der Waals surface area contributed by atoms with Crippen molar-refractivity contribution in [1.29, 1.82) is 0 Å². The lowest BCUT2D eigenvalue weighted by molar-refractivity contribution is 0.102. The highest BCUT2D eigenvalue weighted by Gasteiger charge is 2.25. The van der Waals surface area contributed by atoms with E-state index >= 15 is 0 Å². The Kier molecular flexibility index (Phi) is 7.27. The van der Waals surface area contributed by atoms with E-state index in [9.17, 15) is 13.2 Å². The molecule has 0 aliphatic rings. The maximum atomic E-state index is 12.8. The van der Waals surface area contributed by atoms with Crippen molar-refractivity contribution in [3.63, 3.8) is 0 Å². The van der Waals surface area contributed by atoms with Gasteiger partial charge in [0.2, 0.25) is 10.0 Å². The Hall–Kier alpha value is -2.94. The van der Waals surface area contributed by atoms with Gasteiger partial charge in [0.25, 0.3) is 5.91 Å². The third-order valence-corrected chi connectivity index (χ3v) is 7.05. The number of nitrogens with one attached hydrogen (secondary N) is 1. The SMILES string of the molecule is CCN(CC)S(=O)(=O)c1cc(C(=O)Nc2ccc(Oc3ccncc3)cc2)ccc1Cl. The summed E-state index contributed by atoms with van der Waals surface area (Å²) in [5, 5.41) is 2.82. The minimum atomic E-state index is -3.80. The van der Waals surface area contributed by atoms with Gasteiger partial charge in [0.15, 0.2) is 0 Å². The lowest BCUT2D eigenvalue weighted by Gasteiger charge is -2.19. The average Bonchev–Trinajstić information content (AvgIpc) is 2.76. The molecular formula is C22H22ClN3O4S. The first-order valence-corrected chi connectivity index (χ1v) is 11.5.